The summed E-state index contributed by atoms with van der Waals surface area (Å²) in [5.74, 6) is 0.792. The van der Waals surface area contributed by atoms with Crippen molar-refractivity contribution in [1.29, 1.82) is 0 Å². The fourth-order valence-corrected chi connectivity index (χ4v) is 2.87. The second-order valence-electron chi connectivity index (χ2n) is 4.28. The molecule has 1 aliphatic heterocycles. The van der Waals surface area contributed by atoms with Gasteiger partial charge >= 0.3 is 0 Å². The molecule has 0 bridgehead atoms. The first-order valence-electron chi connectivity index (χ1n) is 6.03. The number of piperazine rings is 1. The standard InChI is InChI=1S/C12H15N5S/c1-2-11(18-7-1)8-16-3-5-17(6-4-16)12-14-9-13-10-15-12/h1-2,7,9-10H,3-6,8H2. The van der Waals surface area contributed by atoms with Crippen LogP contribution in [0, 0.1) is 0 Å². The van der Waals surface area contributed by atoms with Gasteiger partial charge in [-0.15, -0.1) is 11.3 Å². The zero-order valence-corrected chi connectivity index (χ0v) is 10.9. The summed E-state index contributed by atoms with van der Waals surface area (Å²) >= 11 is 1.83. The quantitative estimate of drug-likeness (QED) is 0.832. The Balaban J connectivity index is 1.55. The van der Waals surface area contributed by atoms with Crippen molar-refractivity contribution in [1.82, 2.24) is 19.9 Å². The Bertz CT molecular complexity index is 464. The lowest BCUT2D eigenvalue weighted by atomic mass is 10.3. The summed E-state index contributed by atoms with van der Waals surface area (Å²) in [6.07, 6.45) is 3.11. The Morgan fingerprint density at radius 2 is 1.89 bits per heavy atom. The summed E-state index contributed by atoms with van der Waals surface area (Å²) in [4.78, 5) is 18.4. The fourth-order valence-electron chi connectivity index (χ4n) is 2.13. The second kappa shape index (κ2) is 5.41. The Kier molecular flexibility index (Phi) is 3.47. The molecule has 1 fully saturated rings. The fraction of sp³-hybridized carbons (Fsp3) is 0.417. The highest BCUT2D eigenvalue weighted by Gasteiger charge is 2.18. The van der Waals surface area contributed by atoms with E-state index >= 15 is 0 Å². The van der Waals surface area contributed by atoms with Gasteiger partial charge in [0, 0.05) is 37.6 Å². The number of hydrogen-bond acceptors (Lipinski definition) is 6. The molecule has 0 radical (unpaired) electrons. The average molecular weight is 261 g/mol. The molecule has 0 amide bonds. The molecule has 0 atom stereocenters. The molecule has 0 saturated carbocycles. The van der Waals surface area contributed by atoms with Crippen LogP contribution < -0.4 is 4.90 Å². The molecule has 2 aromatic heterocycles. The van der Waals surface area contributed by atoms with Crippen molar-refractivity contribution in [3.63, 3.8) is 0 Å². The Morgan fingerprint density at radius 3 is 2.56 bits per heavy atom. The van der Waals surface area contributed by atoms with Crippen LogP contribution in [0.2, 0.25) is 0 Å². The van der Waals surface area contributed by atoms with Crippen molar-refractivity contribution < 1.29 is 0 Å². The highest BCUT2D eigenvalue weighted by molar-refractivity contribution is 7.09. The first-order valence-corrected chi connectivity index (χ1v) is 6.91. The molecule has 94 valence electrons. The van der Waals surface area contributed by atoms with E-state index in [9.17, 15) is 0 Å². The Morgan fingerprint density at radius 1 is 1.11 bits per heavy atom. The Labute approximate surface area is 110 Å². The van der Waals surface area contributed by atoms with Gasteiger partial charge in [-0.3, -0.25) is 4.90 Å². The van der Waals surface area contributed by atoms with Gasteiger partial charge in [-0.25, -0.2) is 15.0 Å². The maximum atomic E-state index is 4.19. The Hall–Kier alpha value is -1.53. The van der Waals surface area contributed by atoms with Crippen molar-refractivity contribution in [2.45, 2.75) is 6.54 Å². The first-order chi connectivity index (χ1) is 8.92. The molecular weight excluding hydrogens is 246 g/mol. The van der Waals surface area contributed by atoms with Crippen molar-refractivity contribution in [2.75, 3.05) is 31.1 Å². The lowest BCUT2D eigenvalue weighted by molar-refractivity contribution is 0.250. The SMILES string of the molecule is c1csc(CN2CCN(c3ncncn3)CC2)c1. The molecule has 2 aromatic rings. The van der Waals surface area contributed by atoms with Crippen LogP contribution >= 0.6 is 11.3 Å². The monoisotopic (exact) mass is 261 g/mol. The maximum Gasteiger partial charge on any atom is 0.228 e. The molecule has 3 heterocycles. The number of nitrogens with zero attached hydrogens (tertiary/aromatic N) is 5. The topological polar surface area (TPSA) is 45.2 Å². The van der Waals surface area contributed by atoms with Gasteiger partial charge in [0.1, 0.15) is 12.7 Å². The van der Waals surface area contributed by atoms with E-state index in [1.54, 1.807) is 12.7 Å². The summed E-state index contributed by atoms with van der Waals surface area (Å²) < 4.78 is 0. The number of rotatable bonds is 3. The van der Waals surface area contributed by atoms with E-state index in [4.69, 9.17) is 0 Å². The van der Waals surface area contributed by atoms with Gasteiger partial charge in [-0.05, 0) is 11.4 Å². The van der Waals surface area contributed by atoms with E-state index in [1.165, 1.54) is 4.88 Å². The lowest BCUT2D eigenvalue weighted by Gasteiger charge is -2.34. The average Bonchev–Trinajstić information content (AvgIpc) is 2.94. The van der Waals surface area contributed by atoms with Gasteiger partial charge in [0.15, 0.2) is 0 Å². The number of anilines is 1. The number of hydrogen-bond donors (Lipinski definition) is 0. The summed E-state index contributed by atoms with van der Waals surface area (Å²) in [5.41, 5.74) is 0. The van der Waals surface area contributed by atoms with Gasteiger partial charge in [-0.2, -0.15) is 0 Å². The van der Waals surface area contributed by atoms with Crippen molar-refractivity contribution in [2.24, 2.45) is 0 Å². The third-order valence-corrected chi connectivity index (χ3v) is 3.96. The molecule has 1 saturated heterocycles. The third-order valence-electron chi connectivity index (χ3n) is 3.09. The van der Waals surface area contributed by atoms with E-state index in [-0.39, 0.29) is 0 Å². The molecule has 1 aliphatic rings. The molecule has 0 N–H and O–H groups in total. The molecule has 5 nitrogen and oxygen atoms in total. The molecule has 3 rings (SSSR count). The minimum atomic E-state index is 0.792. The number of thiophene rings is 1. The van der Waals surface area contributed by atoms with E-state index in [2.05, 4.69) is 42.3 Å². The van der Waals surface area contributed by atoms with Crippen LogP contribution in [0.15, 0.2) is 30.2 Å². The van der Waals surface area contributed by atoms with Crippen LogP contribution in [0.3, 0.4) is 0 Å². The molecule has 0 spiro atoms. The maximum absolute atomic E-state index is 4.19. The first kappa shape index (κ1) is 11.6. The minimum absolute atomic E-state index is 0.792. The van der Waals surface area contributed by atoms with Crippen LogP contribution in [0.25, 0.3) is 0 Å². The normalized spacial score (nSPS) is 17.0. The highest BCUT2D eigenvalue weighted by atomic mass is 32.1. The van der Waals surface area contributed by atoms with Gasteiger partial charge in [-0.1, -0.05) is 6.07 Å². The van der Waals surface area contributed by atoms with Crippen LogP contribution in [0.1, 0.15) is 4.88 Å². The summed E-state index contributed by atoms with van der Waals surface area (Å²) in [5, 5.41) is 2.14. The van der Waals surface area contributed by atoms with Crippen LogP contribution in [0.5, 0.6) is 0 Å². The second-order valence-corrected chi connectivity index (χ2v) is 5.31. The molecule has 6 heteroatoms. The zero-order valence-electron chi connectivity index (χ0n) is 10.1. The van der Waals surface area contributed by atoms with E-state index in [0.717, 1.165) is 38.7 Å². The predicted molar refractivity (Wildman–Crippen MR) is 71.6 cm³/mol. The summed E-state index contributed by atoms with van der Waals surface area (Å²) in [6, 6.07) is 4.31. The van der Waals surface area contributed by atoms with Crippen molar-refractivity contribution >= 4 is 17.3 Å². The zero-order chi connectivity index (χ0) is 12.2. The van der Waals surface area contributed by atoms with Gasteiger partial charge < -0.3 is 4.90 Å². The largest absolute Gasteiger partial charge is 0.338 e. The van der Waals surface area contributed by atoms with Crippen molar-refractivity contribution in [3.8, 4) is 0 Å². The van der Waals surface area contributed by atoms with Gasteiger partial charge in [0.2, 0.25) is 5.95 Å². The van der Waals surface area contributed by atoms with Gasteiger partial charge in [0.05, 0.1) is 0 Å². The van der Waals surface area contributed by atoms with E-state index < -0.39 is 0 Å². The third kappa shape index (κ3) is 2.65. The smallest absolute Gasteiger partial charge is 0.228 e. The molecule has 0 aromatic carbocycles. The summed E-state index contributed by atoms with van der Waals surface area (Å²) in [6.45, 7) is 5.14. The molecule has 0 aliphatic carbocycles. The lowest BCUT2D eigenvalue weighted by Crippen LogP contribution is -2.46. The van der Waals surface area contributed by atoms with Crippen molar-refractivity contribution in [3.05, 3.63) is 35.0 Å². The molecule has 0 unspecified atom stereocenters. The van der Waals surface area contributed by atoms with Crippen LogP contribution in [-0.2, 0) is 6.54 Å². The number of aromatic nitrogens is 3. The summed E-state index contributed by atoms with van der Waals surface area (Å²) in [7, 11) is 0. The van der Waals surface area contributed by atoms with Crippen LogP contribution in [0.4, 0.5) is 5.95 Å². The highest BCUT2D eigenvalue weighted by Crippen LogP contribution is 2.15. The van der Waals surface area contributed by atoms with E-state index in [1.807, 2.05) is 11.3 Å². The van der Waals surface area contributed by atoms with Crippen LogP contribution in [-0.4, -0.2) is 46.0 Å². The van der Waals surface area contributed by atoms with Gasteiger partial charge in [0.25, 0.3) is 0 Å². The predicted octanol–water partition coefficient (Wildman–Crippen LogP) is 1.26. The minimum Gasteiger partial charge on any atom is -0.338 e. The molecule has 18 heavy (non-hydrogen) atoms. The molecular formula is C12H15N5S. The van der Waals surface area contributed by atoms with E-state index in [0.29, 0.717) is 0 Å².